The lowest BCUT2D eigenvalue weighted by Gasteiger charge is -2.13. The van der Waals surface area contributed by atoms with Crippen molar-refractivity contribution in [1.82, 2.24) is 14.8 Å². The van der Waals surface area contributed by atoms with Gasteiger partial charge in [0.2, 0.25) is 0 Å². The van der Waals surface area contributed by atoms with Crippen LogP contribution in [0.15, 0.2) is 53.7 Å². The van der Waals surface area contributed by atoms with E-state index in [2.05, 4.69) is 14.9 Å². The molecule has 0 bridgehead atoms. The van der Waals surface area contributed by atoms with Gasteiger partial charge in [0.1, 0.15) is 22.7 Å². The first-order valence-corrected chi connectivity index (χ1v) is 9.12. The maximum atomic E-state index is 12.8. The molecule has 0 unspecified atom stereocenters. The first-order chi connectivity index (χ1) is 12.4. The number of sulfonamides is 1. The van der Waals surface area contributed by atoms with Crippen molar-refractivity contribution in [3.63, 3.8) is 0 Å². The summed E-state index contributed by atoms with van der Waals surface area (Å²) in [6, 6.07) is 11.5. The minimum absolute atomic E-state index is 0.0107. The van der Waals surface area contributed by atoms with Crippen LogP contribution in [0.1, 0.15) is 0 Å². The van der Waals surface area contributed by atoms with E-state index >= 15 is 0 Å². The standard InChI is InChI=1S/C17H18N4O4S/c1-21-11-18-19-17(21)12-5-4-6-13(9-12)20-26(22,23)16-10-14(24-2)7-8-15(16)25-3/h4-11,20H,1-3H3. The fraction of sp³-hybridized carbons (Fsp3) is 0.176. The monoisotopic (exact) mass is 374 g/mol. The van der Waals surface area contributed by atoms with Crippen LogP contribution < -0.4 is 14.2 Å². The lowest BCUT2D eigenvalue weighted by molar-refractivity contribution is 0.392. The van der Waals surface area contributed by atoms with Gasteiger partial charge < -0.3 is 14.0 Å². The second-order valence-electron chi connectivity index (χ2n) is 5.47. The van der Waals surface area contributed by atoms with Crippen LogP contribution in [0.5, 0.6) is 11.5 Å². The van der Waals surface area contributed by atoms with E-state index in [9.17, 15) is 8.42 Å². The zero-order chi connectivity index (χ0) is 18.7. The summed E-state index contributed by atoms with van der Waals surface area (Å²) in [5.41, 5.74) is 1.14. The Hall–Kier alpha value is -3.07. The SMILES string of the molecule is COc1ccc(OC)c(S(=O)(=O)Nc2cccc(-c3nncn3C)c2)c1. The van der Waals surface area contributed by atoms with Gasteiger partial charge in [-0.15, -0.1) is 10.2 Å². The summed E-state index contributed by atoms with van der Waals surface area (Å²) < 4.78 is 40.3. The highest BCUT2D eigenvalue weighted by Gasteiger charge is 2.21. The van der Waals surface area contributed by atoms with Crippen LogP contribution in [0.4, 0.5) is 5.69 Å². The van der Waals surface area contributed by atoms with Gasteiger partial charge in [-0.1, -0.05) is 12.1 Å². The number of rotatable bonds is 6. The number of nitrogens with zero attached hydrogens (tertiary/aromatic N) is 3. The summed E-state index contributed by atoms with van der Waals surface area (Å²) in [6.07, 6.45) is 1.58. The lowest BCUT2D eigenvalue weighted by atomic mass is 10.2. The number of aryl methyl sites for hydroxylation is 1. The summed E-state index contributed by atoms with van der Waals surface area (Å²) in [5.74, 6) is 1.27. The fourth-order valence-corrected chi connectivity index (χ4v) is 3.71. The zero-order valence-electron chi connectivity index (χ0n) is 14.5. The molecule has 0 amide bonds. The van der Waals surface area contributed by atoms with Gasteiger partial charge in [-0.25, -0.2) is 8.42 Å². The molecular weight excluding hydrogens is 356 g/mol. The van der Waals surface area contributed by atoms with Crippen molar-refractivity contribution in [2.45, 2.75) is 4.90 Å². The van der Waals surface area contributed by atoms with Gasteiger partial charge in [-0.2, -0.15) is 0 Å². The average Bonchev–Trinajstić information content (AvgIpc) is 3.07. The van der Waals surface area contributed by atoms with Crippen LogP contribution in [0.2, 0.25) is 0 Å². The van der Waals surface area contributed by atoms with E-state index in [1.165, 1.54) is 20.3 Å². The van der Waals surface area contributed by atoms with Gasteiger partial charge in [-0.3, -0.25) is 4.72 Å². The van der Waals surface area contributed by atoms with E-state index in [0.29, 0.717) is 17.3 Å². The van der Waals surface area contributed by atoms with E-state index in [1.54, 1.807) is 41.2 Å². The molecule has 0 radical (unpaired) electrons. The van der Waals surface area contributed by atoms with Crippen molar-refractivity contribution in [2.75, 3.05) is 18.9 Å². The van der Waals surface area contributed by atoms with Crippen LogP contribution in [0.25, 0.3) is 11.4 Å². The summed E-state index contributed by atoms with van der Waals surface area (Å²) in [6.45, 7) is 0. The fourth-order valence-electron chi connectivity index (χ4n) is 2.47. The first kappa shape index (κ1) is 17.7. The minimum Gasteiger partial charge on any atom is -0.497 e. The quantitative estimate of drug-likeness (QED) is 0.711. The Kier molecular flexibility index (Phi) is 4.81. The molecule has 1 aromatic heterocycles. The third-order valence-corrected chi connectivity index (χ3v) is 5.15. The highest BCUT2D eigenvalue weighted by atomic mass is 32.2. The first-order valence-electron chi connectivity index (χ1n) is 7.64. The Labute approximate surface area is 151 Å². The third kappa shape index (κ3) is 3.47. The highest BCUT2D eigenvalue weighted by molar-refractivity contribution is 7.92. The number of anilines is 1. The average molecular weight is 374 g/mol. The van der Waals surface area contributed by atoms with E-state index in [-0.39, 0.29) is 10.6 Å². The van der Waals surface area contributed by atoms with E-state index < -0.39 is 10.0 Å². The summed E-state index contributed by atoms with van der Waals surface area (Å²) in [5, 5.41) is 7.87. The molecule has 1 heterocycles. The van der Waals surface area contributed by atoms with Crippen molar-refractivity contribution in [3.8, 4) is 22.9 Å². The van der Waals surface area contributed by atoms with Crippen LogP contribution in [0, 0.1) is 0 Å². The molecule has 0 spiro atoms. The van der Waals surface area contributed by atoms with Crippen LogP contribution in [0.3, 0.4) is 0 Å². The Morgan fingerprint density at radius 1 is 1.08 bits per heavy atom. The normalized spacial score (nSPS) is 11.2. The molecule has 3 rings (SSSR count). The number of nitrogens with one attached hydrogen (secondary N) is 1. The number of benzene rings is 2. The van der Waals surface area contributed by atoms with Crippen molar-refractivity contribution >= 4 is 15.7 Å². The Morgan fingerprint density at radius 2 is 1.88 bits per heavy atom. The number of methoxy groups -OCH3 is 2. The van der Waals surface area contributed by atoms with Crippen molar-refractivity contribution < 1.29 is 17.9 Å². The third-order valence-electron chi connectivity index (χ3n) is 3.74. The van der Waals surface area contributed by atoms with Gasteiger partial charge >= 0.3 is 0 Å². The summed E-state index contributed by atoms with van der Waals surface area (Å²) >= 11 is 0. The maximum absolute atomic E-state index is 12.8. The van der Waals surface area contributed by atoms with Crippen LogP contribution >= 0.6 is 0 Å². The molecule has 0 aliphatic rings. The van der Waals surface area contributed by atoms with Crippen LogP contribution in [-0.4, -0.2) is 37.4 Å². The zero-order valence-corrected chi connectivity index (χ0v) is 15.3. The number of hydrogen-bond acceptors (Lipinski definition) is 6. The molecule has 8 nitrogen and oxygen atoms in total. The molecule has 2 aromatic carbocycles. The molecule has 0 atom stereocenters. The molecule has 0 aliphatic heterocycles. The van der Waals surface area contributed by atoms with Crippen molar-refractivity contribution in [2.24, 2.45) is 7.05 Å². The topological polar surface area (TPSA) is 95.3 Å². The molecule has 136 valence electrons. The number of aromatic nitrogens is 3. The Balaban J connectivity index is 1.97. The Morgan fingerprint density at radius 3 is 2.54 bits per heavy atom. The molecule has 9 heteroatoms. The van der Waals surface area contributed by atoms with Crippen molar-refractivity contribution in [3.05, 3.63) is 48.8 Å². The highest BCUT2D eigenvalue weighted by Crippen LogP contribution is 2.30. The molecule has 0 saturated heterocycles. The molecular formula is C17H18N4O4S. The summed E-state index contributed by atoms with van der Waals surface area (Å²) in [4.78, 5) is -0.0107. The van der Waals surface area contributed by atoms with Gasteiger partial charge in [0, 0.05) is 24.4 Å². The molecule has 26 heavy (non-hydrogen) atoms. The van der Waals surface area contributed by atoms with E-state index in [4.69, 9.17) is 9.47 Å². The molecule has 3 aromatic rings. The molecule has 1 N–H and O–H groups in total. The molecule has 0 aliphatic carbocycles. The van der Waals surface area contributed by atoms with Gasteiger partial charge in [-0.05, 0) is 24.3 Å². The Bertz CT molecular complexity index is 1030. The van der Waals surface area contributed by atoms with E-state index in [0.717, 1.165) is 5.56 Å². The number of ether oxygens (including phenoxy) is 2. The van der Waals surface area contributed by atoms with Gasteiger partial charge in [0.15, 0.2) is 5.82 Å². The van der Waals surface area contributed by atoms with E-state index in [1.807, 2.05) is 13.1 Å². The van der Waals surface area contributed by atoms with Gasteiger partial charge in [0.25, 0.3) is 10.0 Å². The second-order valence-corrected chi connectivity index (χ2v) is 7.12. The molecule has 0 saturated carbocycles. The maximum Gasteiger partial charge on any atom is 0.265 e. The lowest BCUT2D eigenvalue weighted by Crippen LogP contribution is -2.14. The second kappa shape index (κ2) is 7.04. The minimum atomic E-state index is -3.88. The molecule has 0 fully saturated rings. The predicted molar refractivity (Wildman–Crippen MR) is 96.8 cm³/mol. The number of hydrogen-bond donors (Lipinski definition) is 1. The smallest absolute Gasteiger partial charge is 0.265 e. The predicted octanol–water partition coefficient (Wildman–Crippen LogP) is 2.30. The van der Waals surface area contributed by atoms with Crippen molar-refractivity contribution in [1.29, 1.82) is 0 Å². The van der Waals surface area contributed by atoms with Crippen LogP contribution in [-0.2, 0) is 17.1 Å². The van der Waals surface area contributed by atoms with Gasteiger partial charge in [0.05, 0.1) is 14.2 Å². The summed E-state index contributed by atoms with van der Waals surface area (Å²) in [7, 11) is 0.811. The largest absolute Gasteiger partial charge is 0.497 e.